The number of hydrogen-bond acceptors (Lipinski definition) is 25. The number of carbonyl (C=O) groups is 4. The Morgan fingerprint density at radius 3 is 1.04 bits per heavy atom. The molecule has 0 amide bonds. The number of benzene rings is 10. The highest BCUT2D eigenvalue weighted by atomic mass is 16.7. The van der Waals surface area contributed by atoms with Crippen LogP contribution in [0.15, 0.2) is 200 Å². The van der Waals surface area contributed by atoms with Crippen molar-refractivity contribution in [2.75, 3.05) is 6.61 Å². The van der Waals surface area contributed by atoms with Gasteiger partial charge in [0.2, 0.25) is 41.1 Å². The average Bonchev–Trinajstić information content (AvgIpc) is 0.740. The summed E-state index contributed by atoms with van der Waals surface area (Å²) in [5, 5.41) is 117. The Morgan fingerprint density at radius 2 is 0.680 bits per heavy atom. The molecule has 2 aliphatic rings. The van der Waals surface area contributed by atoms with Gasteiger partial charge in [0.25, 0.3) is 0 Å². The highest BCUT2D eigenvalue weighted by Crippen LogP contribution is 2.55. The summed E-state index contributed by atoms with van der Waals surface area (Å²) in [6.07, 6.45) is -11.4. The monoisotopic (exact) mass is 1360 g/mol. The third-order valence-electron chi connectivity index (χ3n) is 15.8. The van der Waals surface area contributed by atoms with Crippen LogP contribution in [-0.2, 0) is 56.7 Å². The molecule has 10 N–H and O–H groups in total. The summed E-state index contributed by atoms with van der Waals surface area (Å²) >= 11 is 0. The molecule has 12 rings (SSSR count). The number of aromatic hydroxyl groups is 10. The molecule has 1 saturated heterocycles. The molecule has 2 aliphatic heterocycles. The summed E-state index contributed by atoms with van der Waals surface area (Å²) < 4.78 is 66.4. The summed E-state index contributed by atoms with van der Waals surface area (Å²) in [4.78, 5) is 60.6. The topological polar surface area (TPSA) is 372 Å². The van der Waals surface area contributed by atoms with E-state index < -0.39 is 187 Å². The third-order valence-corrected chi connectivity index (χ3v) is 15.8. The molecule has 1 fully saturated rings. The van der Waals surface area contributed by atoms with Gasteiger partial charge in [-0.05, 0) is 64.2 Å². The number of ether oxygens (including phenoxy) is 11. The summed E-state index contributed by atoms with van der Waals surface area (Å²) in [5.41, 5.74) is -1.71. The van der Waals surface area contributed by atoms with Crippen LogP contribution in [0.3, 0.4) is 0 Å². The Morgan fingerprint density at radius 1 is 0.370 bits per heavy atom. The number of phenols is 10. The smallest absolute Gasteiger partial charge is 0.341 e. The standard InChI is InChI=1S/C75H60O25/c76-50-26-45(27-51(77)63(50)90-34-40-16-6-1-7-17-40)71(86)98-69-68(96-47-30-54(80)65(55(81)31-47)92-36-42-20-10-3-11-21-42)58-39-95-73(88)48-32-56(82)66(93-37-43-22-12-4-13-23-43)61(84)59(48)60-49(33-57(83)67(62(60)85)94-38-44-24-14-5-15-25-44)74(89)100-75(97-58)70(69)99-72(87)46-28-52(78)64(53(79)29-46)91-35-41-18-8-2-9-19-41/h1-33,58,68-70,75-85H,34-39H2/t58-,68-,69+,70-,75+/m1/s1. The molecular weight excluding hydrogens is 1300 g/mol. The van der Waals surface area contributed by atoms with Crippen LogP contribution in [0.5, 0.6) is 92.0 Å². The van der Waals surface area contributed by atoms with Crippen molar-refractivity contribution in [3.8, 4) is 103 Å². The Bertz CT molecular complexity index is 4580. The molecule has 100 heavy (non-hydrogen) atoms. The summed E-state index contributed by atoms with van der Waals surface area (Å²) in [5.74, 6) is -18.2. The van der Waals surface area contributed by atoms with Gasteiger partial charge in [-0.2, -0.15) is 0 Å². The van der Waals surface area contributed by atoms with E-state index in [0.717, 1.165) is 42.5 Å². The third kappa shape index (κ3) is 14.8. The maximum absolute atomic E-state index is 15.6. The van der Waals surface area contributed by atoms with Crippen LogP contribution < -0.4 is 28.4 Å². The van der Waals surface area contributed by atoms with Crippen molar-refractivity contribution in [2.45, 2.75) is 63.7 Å². The van der Waals surface area contributed by atoms with Crippen LogP contribution >= 0.6 is 0 Å². The SMILES string of the molecule is O=C(O[C@@H]1[C@@H](OC(=O)c2cc(O)c(OCc3ccccc3)c(O)c2)[C@@H]2OC(=O)c3cc(O)c(OCc4ccccc4)c(O)c3-c3c(cc(O)c(OCc4ccccc4)c3O)C(=O)OC[C@@H](O2)[C@H]1Oc1cc(O)c(OCc2ccccc2)c(O)c1)c1cc(O)c(OCc2ccccc2)c(O)c1. The van der Waals surface area contributed by atoms with Crippen LogP contribution in [0, 0.1) is 0 Å². The lowest BCUT2D eigenvalue weighted by Gasteiger charge is -2.44. The lowest BCUT2D eigenvalue weighted by molar-refractivity contribution is -0.279. The van der Waals surface area contributed by atoms with Crippen molar-refractivity contribution in [1.29, 1.82) is 0 Å². The van der Waals surface area contributed by atoms with Crippen LogP contribution in [0.25, 0.3) is 11.1 Å². The first kappa shape index (κ1) is 66.8. The Hall–Kier alpha value is -13.2. The van der Waals surface area contributed by atoms with Gasteiger partial charge in [-0.25, -0.2) is 19.2 Å². The molecular formula is C75H60O25. The van der Waals surface area contributed by atoms with Gasteiger partial charge in [-0.15, -0.1) is 0 Å². The molecule has 0 saturated carbocycles. The maximum Gasteiger partial charge on any atom is 0.341 e. The van der Waals surface area contributed by atoms with Gasteiger partial charge in [-0.1, -0.05) is 152 Å². The second-order valence-electron chi connectivity index (χ2n) is 22.7. The molecule has 10 aromatic rings. The number of hydrogen-bond donors (Lipinski definition) is 10. The largest absolute Gasteiger partial charge is 0.504 e. The average molecular weight is 1360 g/mol. The maximum atomic E-state index is 15.6. The van der Waals surface area contributed by atoms with Gasteiger partial charge in [0.05, 0.1) is 22.3 Å². The van der Waals surface area contributed by atoms with Crippen molar-refractivity contribution in [3.05, 3.63) is 250 Å². The fourth-order valence-corrected chi connectivity index (χ4v) is 11.0. The van der Waals surface area contributed by atoms with E-state index in [-0.39, 0.29) is 33.0 Å². The van der Waals surface area contributed by atoms with E-state index in [1.165, 1.54) is 0 Å². The van der Waals surface area contributed by atoms with Crippen LogP contribution in [0.4, 0.5) is 0 Å². The van der Waals surface area contributed by atoms with Crippen LogP contribution in [-0.4, -0.2) is 112 Å². The van der Waals surface area contributed by atoms with Gasteiger partial charge in [-0.3, -0.25) is 0 Å². The minimum atomic E-state index is -2.48. The van der Waals surface area contributed by atoms with Crippen molar-refractivity contribution >= 4 is 23.9 Å². The lowest BCUT2D eigenvalue weighted by Crippen LogP contribution is -2.64. The number of carbonyl (C=O) groups excluding carboxylic acids is 4. The summed E-state index contributed by atoms with van der Waals surface area (Å²) in [6.45, 7) is -2.26. The van der Waals surface area contributed by atoms with Crippen LogP contribution in [0.1, 0.15) is 69.2 Å². The molecule has 510 valence electrons. The van der Waals surface area contributed by atoms with E-state index >= 15 is 14.4 Å². The quantitative estimate of drug-likeness (QED) is 0.0236. The van der Waals surface area contributed by atoms with Crippen molar-refractivity contribution < 1.29 is 122 Å². The van der Waals surface area contributed by atoms with E-state index in [1.54, 1.807) is 152 Å². The molecule has 0 radical (unpaired) electrons. The van der Waals surface area contributed by atoms with E-state index in [4.69, 9.17) is 52.1 Å². The fourth-order valence-electron chi connectivity index (χ4n) is 11.0. The van der Waals surface area contributed by atoms with Crippen molar-refractivity contribution in [3.63, 3.8) is 0 Å². The first-order valence-corrected chi connectivity index (χ1v) is 30.7. The molecule has 2 heterocycles. The zero-order chi connectivity index (χ0) is 70.1. The first-order chi connectivity index (χ1) is 48.3. The Kier molecular flexibility index (Phi) is 19.7. The van der Waals surface area contributed by atoms with E-state index in [1.807, 2.05) is 0 Å². The van der Waals surface area contributed by atoms with E-state index in [9.17, 15) is 55.9 Å². The van der Waals surface area contributed by atoms with E-state index in [2.05, 4.69) is 0 Å². The van der Waals surface area contributed by atoms with Gasteiger partial charge in [0, 0.05) is 23.3 Å². The van der Waals surface area contributed by atoms with Gasteiger partial charge in [0.1, 0.15) is 51.5 Å². The Balaban J connectivity index is 1.00. The molecule has 0 aromatic heterocycles. The molecule has 25 heteroatoms. The van der Waals surface area contributed by atoms with Gasteiger partial charge >= 0.3 is 23.9 Å². The van der Waals surface area contributed by atoms with E-state index in [0.29, 0.717) is 33.9 Å². The highest BCUT2D eigenvalue weighted by Gasteiger charge is 2.55. The van der Waals surface area contributed by atoms with Crippen LogP contribution in [0.2, 0.25) is 0 Å². The molecule has 10 aromatic carbocycles. The number of phenolic OH excluding ortho intramolecular Hbond substituents is 10. The normalized spacial score (nSPS) is 16.3. The van der Waals surface area contributed by atoms with Crippen molar-refractivity contribution in [1.82, 2.24) is 0 Å². The molecule has 25 nitrogen and oxygen atoms in total. The minimum absolute atomic E-state index is 0.158. The fraction of sp³-hybridized carbons (Fsp3) is 0.147. The van der Waals surface area contributed by atoms with Crippen molar-refractivity contribution in [2.24, 2.45) is 0 Å². The second kappa shape index (κ2) is 29.5. The minimum Gasteiger partial charge on any atom is -0.504 e. The number of rotatable bonds is 21. The molecule has 0 spiro atoms. The number of cyclic esters (lactones) is 1. The molecule has 2 bridgehead atoms. The molecule has 5 atom stereocenters. The molecule has 0 unspecified atom stereocenters. The lowest BCUT2D eigenvalue weighted by atomic mass is 9.91. The Labute approximate surface area is 567 Å². The number of fused-ring (bicyclic) bond motifs is 5. The first-order valence-electron chi connectivity index (χ1n) is 30.7. The van der Waals surface area contributed by atoms with Gasteiger partial charge in [0.15, 0.2) is 69.7 Å². The summed E-state index contributed by atoms with van der Waals surface area (Å²) in [6, 6.07) is 49.4. The predicted octanol–water partition coefficient (Wildman–Crippen LogP) is 11.3. The zero-order valence-corrected chi connectivity index (χ0v) is 52.3. The zero-order valence-electron chi connectivity index (χ0n) is 52.3. The number of esters is 4. The predicted molar refractivity (Wildman–Crippen MR) is 349 cm³/mol. The van der Waals surface area contributed by atoms with Gasteiger partial charge < -0.3 is 103 Å². The second-order valence-corrected chi connectivity index (χ2v) is 22.7. The summed E-state index contributed by atoms with van der Waals surface area (Å²) in [7, 11) is 0. The molecule has 0 aliphatic carbocycles. The highest BCUT2D eigenvalue weighted by molar-refractivity contribution is 6.08.